The van der Waals surface area contributed by atoms with Crippen LogP contribution in [0.15, 0.2) is 164 Å². The lowest BCUT2D eigenvalue weighted by Gasteiger charge is -2.35. The van der Waals surface area contributed by atoms with E-state index in [9.17, 15) is 0 Å². The van der Waals surface area contributed by atoms with Crippen molar-refractivity contribution in [1.29, 1.82) is 0 Å². The number of rotatable bonds is 4. The molecule has 1 aromatic heterocycles. The molecule has 1 aliphatic heterocycles. The molecule has 0 amide bonds. The molecule has 1 aliphatic rings. The van der Waals surface area contributed by atoms with E-state index in [1.165, 1.54) is 83.1 Å². The van der Waals surface area contributed by atoms with Gasteiger partial charge in [-0.05, 0) is 98.1 Å². The molecule has 0 aliphatic carbocycles. The molecule has 218 valence electrons. The van der Waals surface area contributed by atoms with E-state index in [4.69, 9.17) is 0 Å². The quantitative estimate of drug-likeness (QED) is 0.193. The topological polar surface area (TPSA) is 4.93 Å². The zero-order chi connectivity index (χ0) is 30.8. The molecule has 0 fully saturated rings. The molecule has 0 N–H and O–H groups in total. The lowest BCUT2D eigenvalue weighted by Crippen LogP contribution is -2.26. The van der Waals surface area contributed by atoms with Crippen LogP contribution in [0.2, 0.25) is 0 Å². The Bertz CT molecular complexity index is 2430. The molecule has 0 radical (unpaired) electrons. The van der Waals surface area contributed by atoms with E-state index in [1.54, 1.807) is 0 Å². The highest BCUT2D eigenvalue weighted by Gasteiger charge is 2.35. The summed E-state index contributed by atoms with van der Waals surface area (Å²) in [6.07, 6.45) is 0. The molecule has 9 rings (SSSR count). The van der Waals surface area contributed by atoms with Crippen LogP contribution in [-0.4, -0.2) is 4.57 Å². The fourth-order valence-corrected chi connectivity index (χ4v) is 7.58. The first-order valence-corrected chi connectivity index (χ1v) is 16.1. The molecular weight excluding hydrogens is 555 g/mol. The summed E-state index contributed by atoms with van der Waals surface area (Å²) >= 11 is 0. The summed E-state index contributed by atoms with van der Waals surface area (Å²) in [4.78, 5) is 0. The molecule has 7 aromatic carbocycles. The summed E-state index contributed by atoms with van der Waals surface area (Å²) in [5.74, 6) is 0. The molecular formula is C45H33N. The molecule has 0 saturated heterocycles. The van der Waals surface area contributed by atoms with Crippen molar-refractivity contribution in [2.24, 2.45) is 0 Å². The van der Waals surface area contributed by atoms with Gasteiger partial charge < -0.3 is 4.57 Å². The highest BCUT2D eigenvalue weighted by Crippen LogP contribution is 2.49. The monoisotopic (exact) mass is 587 g/mol. The van der Waals surface area contributed by atoms with Gasteiger partial charge in [0, 0.05) is 16.2 Å². The summed E-state index contributed by atoms with van der Waals surface area (Å²) in [7, 11) is 0. The summed E-state index contributed by atoms with van der Waals surface area (Å²) in [6.45, 7) is 4.76. The van der Waals surface area contributed by atoms with Crippen molar-refractivity contribution in [3.8, 4) is 50.2 Å². The van der Waals surface area contributed by atoms with Gasteiger partial charge in [-0.3, -0.25) is 0 Å². The first-order chi connectivity index (χ1) is 22.6. The van der Waals surface area contributed by atoms with Gasteiger partial charge in [-0.15, -0.1) is 0 Å². The van der Waals surface area contributed by atoms with Crippen LogP contribution in [0.3, 0.4) is 0 Å². The van der Waals surface area contributed by atoms with E-state index in [0.717, 1.165) is 0 Å². The molecule has 0 saturated carbocycles. The maximum atomic E-state index is 2.51. The maximum absolute atomic E-state index is 2.51. The Labute approximate surface area is 270 Å². The Balaban J connectivity index is 1.31. The van der Waals surface area contributed by atoms with Crippen molar-refractivity contribution in [2.75, 3.05) is 0 Å². The number of fused-ring (bicyclic) bond motifs is 5. The standard InChI is InChI=1S/C45H33N/c1-45(2)40-21-9-10-22-43(40)46-42-24-23-36(34-19-11-17-32(25-34)30-13-5-3-6-14-30)27-38(42)39-28-37(29-41(45)44(39)46)35-20-12-18-33(26-35)31-15-7-4-8-16-31/h3-29H,1-2H3. The van der Waals surface area contributed by atoms with Gasteiger partial charge in [-0.25, -0.2) is 0 Å². The number of benzene rings is 7. The molecule has 0 atom stereocenters. The predicted octanol–water partition coefficient (Wildman–Crippen LogP) is 12.1. The molecule has 0 bridgehead atoms. The van der Waals surface area contributed by atoms with Crippen molar-refractivity contribution in [1.82, 2.24) is 4.57 Å². The predicted molar refractivity (Wildman–Crippen MR) is 195 cm³/mol. The van der Waals surface area contributed by atoms with Crippen LogP contribution in [-0.2, 0) is 5.41 Å². The Hall–Kier alpha value is -5.66. The van der Waals surface area contributed by atoms with E-state index in [-0.39, 0.29) is 5.41 Å². The number of hydrogen-bond acceptors (Lipinski definition) is 0. The number of para-hydroxylation sites is 1. The third-order valence-electron chi connectivity index (χ3n) is 9.96. The Morgan fingerprint density at radius 2 is 0.870 bits per heavy atom. The SMILES string of the molecule is CC1(C)c2ccccc2-n2c3ccc(-c4cccc(-c5ccccc5)c4)cc3c3cc(-c4cccc(-c5ccccc5)c4)cc1c32. The first-order valence-electron chi connectivity index (χ1n) is 16.1. The Kier molecular flexibility index (Phi) is 5.92. The second-order valence-corrected chi connectivity index (χ2v) is 13.0. The first kappa shape index (κ1) is 26.7. The minimum atomic E-state index is -0.154. The molecule has 8 aromatic rings. The fourth-order valence-electron chi connectivity index (χ4n) is 7.58. The highest BCUT2D eigenvalue weighted by atomic mass is 15.0. The maximum Gasteiger partial charge on any atom is 0.0582 e. The van der Waals surface area contributed by atoms with E-state index in [0.29, 0.717) is 0 Å². The lowest BCUT2D eigenvalue weighted by atomic mass is 9.74. The summed E-state index contributed by atoms with van der Waals surface area (Å²) in [6, 6.07) is 60.1. The smallest absolute Gasteiger partial charge is 0.0582 e. The van der Waals surface area contributed by atoms with Crippen LogP contribution in [0, 0.1) is 0 Å². The molecule has 46 heavy (non-hydrogen) atoms. The average Bonchev–Trinajstić information content (AvgIpc) is 3.45. The van der Waals surface area contributed by atoms with E-state index in [1.807, 2.05) is 0 Å². The van der Waals surface area contributed by atoms with Crippen molar-refractivity contribution < 1.29 is 0 Å². The molecule has 0 unspecified atom stereocenters. The zero-order valence-electron chi connectivity index (χ0n) is 26.0. The van der Waals surface area contributed by atoms with E-state index in [2.05, 4.69) is 182 Å². The van der Waals surface area contributed by atoms with Crippen LogP contribution in [0.1, 0.15) is 25.0 Å². The van der Waals surface area contributed by atoms with Crippen molar-refractivity contribution in [3.63, 3.8) is 0 Å². The number of nitrogens with zero attached hydrogens (tertiary/aromatic N) is 1. The summed E-state index contributed by atoms with van der Waals surface area (Å²) in [5.41, 5.74) is 16.3. The van der Waals surface area contributed by atoms with Crippen LogP contribution in [0.25, 0.3) is 72.0 Å². The van der Waals surface area contributed by atoms with Gasteiger partial charge in [-0.1, -0.05) is 135 Å². The Morgan fingerprint density at radius 3 is 1.52 bits per heavy atom. The van der Waals surface area contributed by atoms with Gasteiger partial charge in [0.2, 0.25) is 0 Å². The van der Waals surface area contributed by atoms with Crippen LogP contribution in [0.5, 0.6) is 0 Å². The van der Waals surface area contributed by atoms with Gasteiger partial charge in [-0.2, -0.15) is 0 Å². The van der Waals surface area contributed by atoms with Gasteiger partial charge in [0.1, 0.15) is 0 Å². The van der Waals surface area contributed by atoms with Gasteiger partial charge >= 0.3 is 0 Å². The van der Waals surface area contributed by atoms with Crippen molar-refractivity contribution in [3.05, 3.63) is 175 Å². The van der Waals surface area contributed by atoms with Gasteiger partial charge in [0.25, 0.3) is 0 Å². The number of hydrogen-bond donors (Lipinski definition) is 0. The zero-order valence-corrected chi connectivity index (χ0v) is 26.0. The summed E-state index contributed by atoms with van der Waals surface area (Å²) in [5, 5.41) is 2.59. The van der Waals surface area contributed by atoms with Crippen LogP contribution < -0.4 is 0 Å². The van der Waals surface area contributed by atoms with Crippen molar-refractivity contribution in [2.45, 2.75) is 19.3 Å². The third kappa shape index (κ3) is 4.09. The minimum Gasteiger partial charge on any atom is -0.309 e. The Morgan fingerprint density at radius 1 is 0.370 bits per heavy atom. The molecule has 0 spiro atoms. The normalized spacial score (nSPS) is 13.2. The molecule has 1 heteroatoms. The highest BCUT2D eigenvalue weighted by molar-refractivity contribution is 6.14. The van der Waals surface area contributed by atoms with Gasteiger partial charge in [0.15, 0.2) is 0 Å². The fraction of sp³-hybridized carbons (Fsp3) is 0.0667. The summed E-state index contributed by atoms with van der Waals surface area (Å²) < 4.78 is 2.51. The second-order valence-electron chi connectivity index (χ2n) is 13.0. The van der Waals surface area contributed by atoms with E-state index < -0.39 is 0 Å². The largest absolute Gasteiger partial charge is 0.309 e. The molecule has 2 heterocycles. The van der Waals surface area contributed by atoms with Crippen LogP contribution >= 0.6 is 0 Å². The van der Waals surface area contributed by atoms with Crippen LogP contribution in [0.4, 0.5) is 0 Å². The molecule has 1 nitrogen and oxygen atoms in total. The minimum absolute atomic E-state index is 0.154. The second kappa shape index (κ2) is 10.2. The average molecular weight is 588 g/mol. The van der Waals surface area contributed by atoms with Crippen molar-refractivity contribution >= 4 is 21.8 Å². The number of aromatic nitrogens is 1. The third-order valence-corrected chi connectivity index (χ3v) is 9.96. The lowest BCUT2D eigenvalue weighted by molar-refractivity contribution is 0.630. The van der Waals surface area contributed by atoms with E-state index >= 15 is 0 Å². The van der Waals surface area contributed by atoms with Gasteiger partial charge in [0.05, 0.1) is 16.7 Å².